The standard InChI is InChI=1S/C14H19NO5/c1-19-12-4-5-13(20-2)10(7-12)3-6-14(18)15-8-11(17)9-16/h3-7,11,16-17H,8-9H2,1-2H3,(H,15,18). The van der Waals surface area contributed by atoms with Crippen molar-refractivity contribution in [3.63, 3.8) is 0 Å². The topological polar surface area (TPSA) is 88.0 Å². The molecule has 3 N–H and O–H groups in total. The SMILES string of the molecule is COc1ccc(OC)c(C=CC(=O)NCC(O)CO)c1. The van der Waals surface area contributed by atoms with E-state index in [-0.39, 0.29) is 12.5 Å². The lowest BCUT2D eigenvalue weighted by Crippen LogP contribution is -2.32. The molecule has 1 atom stereocenters. The summed E-state index contributed by atoms with van der Waals surface area (Å²) in [6, 6.07) is 5.24. The molecule has 0 aliphatic rings. The van der Waals surface area contributed by atoms with E-state index in [9.17, 15) is 4.79 Å². The number of aliphatic hydroxyl groups is 2. The average molecular weight is 281 g/mol. The fourth-order valence-electron chi connectivity index (χ4n) is 1.48. The Hall–Kier alpha value is -2.05. The van der Waals surface area contributed by atoms with Crippen molar-refractivity contribution >= 4 is 12.0 Å². The molecule has 0 radical (unpaired) electrons. The minimum atomic E-state index is -0.960. The fraction of sp³-hybridized carbons (Fsp3) is 0.357. The van der Waals surface area contributed by atoms with E-state index in [2.05, 4.69) is 5.32 Å². The number of nitrogens with one attached hydrogen (secondary N) is 1. The van der Waals surface area contributed by atoms with Gasteiger partial charge in [0.15, 0.2) is 0 Å². The maximum Gasteiger partial charge on any atom is 0.244 e. The van der Waals surface area contributed by atoms with Gasteiger partial charge in [0.1, 0.15) is 11.5 Å². The molecule has 0 aliphatic heterocycles. The number of ether oxygens (including phenoxy) is 2. The zero-order chi connectivity index (χ0) is 15.0. The molecule has 0 saturated heterocycles. The number of carbonyl (C=O) groups excluding carboxylic acids is 1. The van der Waals surface area contributed by atoms with Gasteiger partial charge in [0, 0.05) is 18.2 Å². The van der Waals surface area contributed by atoms with Gasteiger partial charge < -0.3 is 25.0 Å². The van der Waals surface area contributed by atoms with Crippen molar-refractivity contribution in [1.29, 1.82) is 0 Å². The molecular weight excluding hydrogens is 262 g/mol. The van der Waals surface area contributed by atoms with Crippen LogP contribution >= 0.6 is 0 Å². The van der Waals surface area contributed by atoms with Crippen LogP contribution in [0, 0.1) is 0 Å². The average Bonchev–Trinajstić information content (AvgIpc) is 2.49. The molecule has 1 unspecified atom stereocenters. The highest BCUT2D eigenvalue weighted by atomic mass is 16.5. The lowest BCUT2D eigenvalue weighted by molar-refractivity contribution is -0.117. The highest BCUT2D eigenvalue weighted by molar-refractivity contribution is 5.92. The van der Waals surface area contributed by atoms with E-state index in [0.717, 1.165) is 0 Å². The predicted molar refractivity (Wildman–Crippen MR) is 74.7 cm³/mol. The summed E-state index contributed by atoms with van der Waals surface area (Å²) in [7, 11) is 3.09. The summed E-state index contributed by atoms with van der Waals surface area (Å²) >= 11 is 0. The van der Waals surface area contributed by atoms with Crippen LogP contribution in [0.5, 0.6) is 11.5 Å². The molecular formula is C14H19NO5. The second-order valence-corrected chi connectivity index (χ2v) is 4.02. The van der Waals surface area contributed by atoms with Gasteiger partial charge in [-0.15, -0.1) is 0 Å². The summed E-state index contributed by atoms with van der Waals surface area (Å²) in [5, 5.41) is 20.2. The van der Waals surface area contributed by atoms with Crippen LogP contribution in [0.4, 0.5) is 0 Å². The van der Waals surface area contributed by atoms with Crippen LogP contribution in [0.1, 0.15) is 5.56 Å². The van der Waals surface area contributed by atoms with Gasteiger partial charge in [0.05, 0.1) is 26.9 Å². The van der Waals surface area contributed by atoms with Crippen molar-refractivity contribution in [1.82, 2.24) is 5.32 Å². The maximum absolute atomic E-state index is 11.5. The molecule has 6 nitrogen and oxygen atoms in total. The molecule has 1 rings (SSSR count). The van der Waals surface area contributed by atoms with Crippen molar-refractivity contribution < 1.29 is 24.5 Å². The Morgan fingerprint density at radius 2 is 2.15 bits per heavy atom. The smallest absolute Gasteiger partial charge is 0.244 e. The molecule has 0 aromatic heterocycles. The number of amides is 1. The summed E-state index contributed by atoms with van der Waals surface area (Å²) in [5.41, 5.74) is 0.699. The van der Waals surface area contributed by atoms with Crippen LogP contribution < -0.4 is 14.8 Å². The Morgan fingerprint density at radius 3 is 2.75 bits per heavy atom. The summed E-state index contributed by atoms with van der Waals surface area (Å²) in [5.74, 6) is 0.897. The zero-order valence-corrected chi connectivity index (χ0v) is 11.5. The highest BCUT2D eigenvalue weighted by Crippen LogP contribution is 2.24. The number of rotatable bonds is 7. The van der Waals surface area contributed by atoms with Gasteiger partial charge in [-0.2, -0.15) is 0 Å². The molecule has 1 amide bonds. The zero-order valence-electron chi connectivity index (χ0n) is 11.5. The lowest BCUT2D eigenvalue weighted by Gasteiger charge is -2.08. The Labute approximate surface area is 117 Å². The molecule has 110 valence electrons. The molecule has 20 heavy (non-hydrogen) atoms. The largest absolute Gasteiger partial charge is 0.497 e. The van der Waals surface area contributed by atoms with Gasteiger partial charge in [-0.1, -0.05) is 0 Å². The van der Waals surface area contributed by atoms with E-state index in [1.54, 1.807) is 31.4 Å². The number of hydrogen-bond acceptors (Lipinski definition) is 5. The van der Waals surface area contributed by atoms with Crippen molar-refractivity contribution in [2.75, 3.05) is 27.4 Å². The van der Waals surface area contributed by atoms with Gasteiger partial charge >= 0.3 is 0 Å². The van der Waals surface area contributed by atoms with E-state index in [0.29, 0.717) is 17.1 Å². The van der Waals surface area contributed by atoms with Crippen LogP contribution in [0.3, 0.4) is 0 Å². The second kappa shape index (κ2) is 8.19. The normalized spacial score (nSPS) is 12.2. The Bertz CT molecular complexity index is 473. The van der Waals surface area contributed by atoms with Crippen LogP contribution in [0.15, 0.2) is 24.3 Å². The molecule has 1 aromatic carbocycles. The van der Waals surface area contributed by atoms with Crippen LogP contribution in [0.2, 0.25) is 0 Å². The summed E-state index contributed by atoms with van der Waals surface area (Å²) in [4.78, 5) is 11.5. The number of aliphatic hydroxyl groups excluding tert-OH is 2. The molecule has 0 saturated carbocycles. The molecule has 0 aliphatic carbocycles. The van der Waals surface area contributed by atoms with Crippen LogP contribution in [0.25, 0.3) is 6.08 Å². The van der Waals surface area contributed by atoms with Crippen molar-refractivity contribution in [2.24, 2.45) is 0 Å². The van der Waals surface area contributed by atoms with Gasteiger partial charge in [-0.25, -0.2) is 0 Å². The maximum atomic E-state index is 11.5. The number of methoxy groups -OCH3 is 2. The summed E-state index contributed by atoms with van der Waals surface area (Å²) in [6.07, 6.45) is 1.95. The quantitative estimate of drug-likeness (QED) is 0.621. The van der Waals surface area contributed by atoms with E-state index < -0.39 is 12.7 Å². The van der Waals surface area contributed by atoms with Crippen molar-refractivity contribution in [2.45, 2.75) is 6.10 Å². The first-order valence-electron chi connectivity index (χ1n) is 6.07. The van der Waals surface area contributed by atoms with E-state index in [1.807, 2.05) is 0 Å². The summed E-state index contributed by atoms with van der Waals surface area (Å²) < 4.78 is 10.3. The lowest BCUT2D eigenvalue weighted by atomic mass is 10.1. The monoisotopic (exact) mass is 281 g/mol. The minimum Gasteiger partial charge on any atom is -0.497 e. The Kier molecular flexibility index (Phi) is 6.55. The number of benzene rings is 1. The Balaban J connectivity index is 2.71. The van der Waals surface area contributed by atoms with Gasteiger partial charge in [-0.3, -0.25) is 4.79 Å². The van der Waals surface area contributed by atoms with E-state index in [4.69, 9.17) is 19.7 Å². The summed E-state index contributed by atoms with van der Waals surface area (Å²) in [6.45, 7) is -0.400. The van der Waals surface area contributed by atoms with E-state index >= 15 is 0 Å². The molecule has 0 heterocycles. The molecule has 6 heteroatoms. The Morgan fingerprint density at radius 1 is 1.40 bits per heavy atom. The highest BCUT2D eigenvalue weighted by Gasteiger charge is 2.05. The van der Waals surface area contributed by atoms with Gasteiger partial charge in [-0.05, 0) is 24.3 Å². The van der Waals surface area contributed by atoms with Crippen molar-refractivity contribution in [3.8, 4) is 11.5 Å². The number of hydrogen-bond donors (Lipinski definition) is 3. The molecule has 0 bridgehead atoms. The number of carbonyl (C=O) groups is 1. The fourth-order valence-corrected chi connectivity index (χ4v) is 1.48. The van der Waals surface area contributed by atoms with E-state index in [1.165, 1.54) is 13.2 Å². The van der Waals surface area contributed by atoms with Crippen molar-refractivity contribution in [3.05, 3.63) is 29.8 Å². The molecule has 0 fully saturated rings. The third-order valence-electron chi connectivity index (χ3n) is 2.57. The first kappa shape index (κ1) is 16.0. The minimum absolute atomic E-state index is 0.00504. The first-order valence-corrected chi connectivity index (χ1v) is 6.07. The molecule has 0 spiro atoms. The second-order valence-electron chi connectivity index (χ2n) is 4.02. The van der Waals surface area contributed by atoms with Gasteiger partial charge in [0.2, 0.25) is 5.91 Å². The third-order valence-corrected chi connectivity index (χ3v) is 2.57. The predicted octanol–water partition coefficient (Wildman–Crippen LogP) is 0.186. The molecule has 1 aromatic rings. The van der Waals surface area contributed by atoms with Crippen LogP contribution in [-0.4, -0.2) is 49.6 Å². The van der Waals surface area contributed by atoms with Gasteiger partial charge in [0.25, 0.3) is 0 Å². The first-order chi connectivity index (χ1) is 9.60. The third kappa shape index (κ3) is 4.91. The van der Waals surface area contributed by atoms with Crippen LogP contribution in [-0.2, 0) is 4.79 Å².